The van der Waals surface area contributed by atoms with E-state index in [4.69, 9.17) is 9.47 Å². The maximum Gasteiger partial charge on any atom is 0.329 e. The van der Waals surface area contributed by atoms with Crippen LogP contribution < -0.4 is 20.2 Å². The molecule has 2 N–H and O–H groups in total. The molecule has 7 nitrogen and oxygen atoms in total. The van der Waals surface area contributed by atoms with Crippen molar-refractivity contribution in [3.63, 3.8) is 0 Å². The molecular formula is C17H15N3O4. The summed E-state index contributed by atoms with van der Waals surface area (Å²) in [5.41, 5.74) is 3.80. The molecule has 122 valence electrons. The van der Waals surface area contributed by atoms with Crippen molar-refractivity contribution < 1.29 is 19.1 Å². The molecule has 24 heavy (non-hydrogen) atoms. The highest BCUT2D eigenvalue weighted by molar-refractivity contribution is 6.35. The van der Waals surface area contributed by atoms with Gasteiger partial charge in [0.05, 0.1) is 6.21 Å². The van der Waals surface area contributed by atoms with Gasteiger partial charge in [0.2, 0.25) is 6.79 Å². The van der Waals surface area contributed by atoms with Crippen molar-refractivity contribution in [1.29, 1.82) is 0 Å². The summed E-state index contributed by atoms with van der Waals surface area (Å²) in [6, 6.07) is 14.5. The molecule has 0 spiro atoms. The summed E-state index contributed by atoms with van der Waals surface area (Å²) >= 11 is 0. The van der Waals surface area contributed by atoms with Gasteiger partial charge in [-0.25, -0.2) is 5.43 Å². The van der Waals surface area contributed by atoms with Gasteiger partial charge in [-0.05, 0) is 29.3 Å². The Morgan fingerprint density at radius 3 is 2.67 bits per heavy atom. The second-order valence-electron chi connectivity index (χ2n) is 4.98. The minimum Gasteiger partial charge on any atom is -0.454 e. The van der Waals surface area contributed by atoms with Crippen molar-refractivity contribution in [2.75, 3.05) is 6.79 Å². The molecule has 0 fully saturated rings. The Kier molecular flexibility index (Phi) is 4.71. The topological polar surface area (TPSA) is 89.0 Å². The van der Waals surface area contributed by atoms with Gasteiger partial charge < -0.3 is 14.8 Å². The highest BCUT2D eigenvalue weighted by Crippen LogP contribution is 2.31. The van der Waals surface area contributed by atoms with E-state index in [1.165, 1.54) is 6.21 Å². The fourth-order valence-corrected chi connectivity index (χ4v) is 2.07. The van der Waals surface area contributed by atoms with E-state index in [9.17, 15) is 9.59 Å². The Labute approximate surface area is 138 Å². The van der Waals surface area contributed by atoms with E-state index < -0.39 is 11.8 Å². The molecule has 0 aliphatic carbocycles. The number of benzene rings is 2. The zero-order valence-corrected chi connectivity index (χ0v) is 12.7. The normalized spacial score (nSPS) is 12.2. The Hall–Kier alpha value is -3.35. The van der Waals surface area contributed by atoms with Crippen molar-refractivity contribution in [1.82, 2.24) is 10.7 Å². The quantitative estimate of drug-likeness (QED) is 0.502. The largest absolute Gasteiger partial charge is 0.454 e. The molecule has 0 atom stereocenters. The lowest BCUT2D eigenvalue weighted by Crippen LogP contribution is -2.37. The SMILES string of the molecule is O=C(NCc1ccccc1)C(=O)NN=Cc1ccc2c(c1)OCO2. The first kappa shape index (κ1) is 15.5. The highest BCUT2D eigenvalue weighted by atomic mass is 16.7. The zero-order valence-electron chi connectivity index (χ0n) is 12.7. The van der Waals surface area contributed by atoms with Gasteiger partial charge in [0.15, 0.2) is 11.5 Å². The van der Waals surface area contributed by atoms with E-state index >= 15 is 0 Å². The Balaban J connectivity index is 1.48. The lowest BCUT2D eigenvalue weighted by Gasteiger charge is -2.03. The van der Waals surface area contributed by atoms with Crippen LogP contribution >= 0.6 is 0 Å². The van der Waals surface area contributed by atoms with Crippen molar-refractivity contribution >= 4 is 18.0 Å². The Morgan fingerprint density at radius 1 is 1.04 bits per heavy atom. The van der Waals surface area contributed by atoms with Crippen LogP contribution in [0.25, 0.3) is 0 Å². The number of fused-ring (bicyclic) bond motifs is 1. The monoisotopic (exact) mass is 325 g/mol. The van der Waals surface area contributed by atoms with E-state index in [1.54, 1.807) is 18.2 Å². The summed E-state index contributed by atoms with van der Waals surface area (Å²) in [7, 11) is 0. The van der Waals surface area contributed by atoms with Crippen molar-refractivity contribution in [3.05, 3.63) is 59.7 Å². The van der Waals surface area contributed by atoms with Crippen molar-refractivity contribution in [2.24, 2.45) is 5.10 Å². The molecule has 0 unspecified atom stereocenters. The maximum atomic E-state index is 11.7. The Bertz CT molecular complexity index is 775. The molecule has 1 aliphatic rings. The molecule has 0 aromatic heterocycles. The number of carbonyl (C=O) groups is 2. The van der Waals surface area contributed by atoms with Gasteiger partial charge in [-0.1, -0.05) is 30.3 Å². The third kappa shape index (κ3) is 3.89. The lowest BCUT2D eigenvalue weighted by molar-refractivity contribution is -0.139. The van der Waals surface area contributed by atoms with Crippen LogP contribution in [0.5, 0.6) is 11.5 Å². The van der Waals surface area contributed by atoms with E-state index in [1.807, 2.05) is 30.3 Å². The molecule has 0 bridgehead atoms. The fourth-order valence-electron chi connectivity index (χ4n) is 2.07. The first-order valence-electron chi connectivity index (χ1n) is 7.27. The smallest absolute Gasteiger partial charge is 0.329 e. The molecule has 0 saturated carbocycles. The number of rotatable bonds is 4. The fraction of sp³-hybridized carbons (Fsp3) is 0.118. The first-order chi connectivity index (χ1) is 11.7. The molecule has 3 rings (SSSR count). The molecule has 1 aliphatic heterocycles. The third-order valence-electron chi connectivity index (χ3n) is 3.28. The molecule has 0 radical (unpaired) electrons. The van der Waals surface area contributed by atoms with Crippen LogP contribution in [0.4, 0.5) is 0 Å². The van der Waals surface area contributed by atoms with Crippen LogP contribution in [0.2, 0.25) is 0 Å². The number of hydrogen-bond donors (Lipinski definition) is 2. The van der Waals surface area contributed by atoms with Crippen LogP contribution in [0.15, 0.2) is 53.6 Å². The van der Waals surface area contributed by atoms with Crippen LogP contribution in [-0.2, 0) is 16.1 Å². The molecule has 2 amide bonds. The summed E-state index contributed by atoms with van der Waals surface area (Å²) < 4.78 is 10.4. The zero-order chi connectivity index (χ0) is 16.8. The molecular weight excluding hydrogens is 310 g/mol. The molecule has 1 heterocycles. The van der Waals surface area contributed by atoms with Gasteiger partial charge in [-0.2, -0.15) is 5.10 Å². The molecule has 7 heteroatoms. The minimum absolute atomic E-state index is 0.189. The molecule has 2 aromatic rings. The number of nitrogens with one attached hydrogen (secondary N) is 2. The van der Waals surface area contributed by atoms with Gasteiger partial charge in [-0.15, -0.1) is 0 Å². The maximum absolute atomic E-state index is 11.7. The first-order valence-corrected chi connectivity index (χ1v) is 7.27. The standard InChI is InChI=1S/C17H15N3O4/c21-16(18-9-12-4-2-1-3-5-12)17(22)20-19-10-13-6-7-14-15(8-13)24-11-23-14/h1-8,10H,9,11H2,(H,18,21)(H,20,22). The van der Waals surface area contributed by atoms with Gasteiger partial charge in [-0.3, -0.25) is 9.59 Å². The predicted molar refractivity (Wildman–Crippen MR) is 86.6 cm³/mol. The Morgan fingerprint density at radius 2 is 1.83 bits per heavy atom. The predicted octanol–water partition coefficient (Wildman–Crippen LogP) is 1.18. The second kappa shape index (κ2) is 7.28. The third-order valence-corrected chi connectivity index (χ3v) is 3.28. The van der Waals surface area contributed by atoms with Crippen molar-refractivity contribution in [3.8, 4) is 11.5 Å². The van der Waals surface area contributed by atoms with Crippen LogP contribution in [0.3, 0.4) is 0 Å². The summed E-state index contributed by atoms with van der Waals surface area (Å²) in [5.74, 6) is -0.299. The number of carbonyl (C=O) groups excluding carboxylic acids is 2. The summed E-state index contributed by atoms with van der Waals surface area (Å²) in [4.78, 5) is 23.3. The average Bonchev–Trinajstić information content (AvgIpc) is 3.08. The number of amides is 2. The summed E-state index contributed by atoms with van der Waals surface area (Å²) in [6.45, 7) is 0.465. The van der Waals surface area contributed by atoms with E-state index in [-0.39, 0.29) is 13.3 Å². The van der Waals surface area contributed by atoms with Gasteiger partial charge >= 0.3 is 11.8 Å². The summed E-state index contributed by atoms with van der Waals surface area (Å²) in [6.07, 6.45) is 1.42. The number of ether oxygens (including phenoxy) is 2. The van der Waals surface area contributed by atoms with Gasteiger partial charge in [0.1, 0.15) is 0 Å². The number of hydrogen-bond acceptors (Lipinski definition) is 5. The van der Waals surface area contributed by atoms with Crippen LogP contribution in [-0.4, -0.2) is 24.8 Å². The van der Waals surface area contributed by atoms with Gasteiger partial charge in [0.25, 0.3) is 0 Å². The number of hydrazone groups is 1. The van der Waals surface area contributed by atoms with E-state index in [2.05, 4.69) is 15.8 Å². The van der Waals surface area contributed by atoms with Gasteiger partial charge in [0, 0.05) is 6.54 Å². The minimum atomic E-state index is -0.831. The van der Waals surface area contributed by atoms with Crippen LogP contribution in [0.1, 0.15) is 11.1 Å². The van der Waals surface area contributed by atoms with Crippen molar-refractivity contribution in [2.45, 2.75) is 6.54 Å². The molecule has 2 aromatic carbocycles. The summed E-state index contributed by atoms with van der Waals surface area (Å²) in [5, 5.41) is 6.28. The average molecular weight is 325 g/mol. The van der Waals surface area contributed by atoms with Crippen LogP contribution in [0, 0.1) is 0 Å². The second-order valence-corrected chi connectivity index (χ2v) is 4.98. The van der Waals surface area contributed by atoms with E-state index in [0.717, 1.165) is 5.56 Å². The molecule has 0 saturated heterocycles. The highest BCUT2D eigenvalue weighted by Gasteiger charge is 2.13. The number of nitrogens with zero attached hydrogens (tertiary/aromatic N) is 1. The lowest BCUT2D eigenvalue weighted by atomic mass is 10.2. The van der Waals surface area contributed by atoms with E-state index in [0.29, 0.717) is 17.1 Å².